The third-order valence-electron chi connectivity index (χ3n) is 3.97. The molecule has 6 nitrogen and oxygen atoms in total. The van der Waals surface area contributed by atoms with Gasteiger partial charge in [-0.25, -0.2) is 4.79 Å². The number of aryl methyl sites for hydroxylation is 1. The van der Waals surface area contributed by atoms with Crippen LogP contribution in [0.4, 0.5) is 0 Å². The lowest BCUT2D eigenvalue weighted by atomic mass is 9.99. The molecule has 0 radical (unpaired) electrons. The Morgan fingerprint density at radius 1 is 1.07 bits per heavy atom. The number of hydrogen-bond acceptors (Lipinski definition) is 6. The predicted molar refractivity (Wildman–Crippen MR) is 110 cm³/mol. The summed E-state index contributed by atoms with van der Waals surface area (Å²) < 4.78 is 4.79. The molecule has 2 aromatic carbocycles. The maximum absolute atomic E-state index is 12.1. The summed E-state index contributed by atoms with van der Waals surface area (Å²) in [4.78, 5) is 22.4. The van der Waals surface area contributed by atoms with Crippen LogP contribution in [0.15, 0.2) is 46.7 Å². The molecule has 148 valence electrons. The van der Waals surface area contributed by atoms with E-state index in [1.54, 1.807) is 31.2 Å². The Labute approximate surface area is 173 Å². The van der Waals surface area contributed by atoms with E-state index in [9.17, 15) is 4.79 Å². The Morgan fingerprint density at radius 3 is 2.46 bits per heavy atom. The van der Waals surface area contributed by atoms with Gasteiger partial charge >= 0.3 is 5.97 Å². The van der Waals surface area contributed by atoms with Crippen LogP contribution in [-0.2, 0) is 25.8 Å². The van der Waals surface area contributed by atoms with Gasteiger partial charge in [-0.3, -0.25) is 0 Å². The molecule has 0 spiro atoms. The van der Waals surface area contributed by atoms with Gasteiger partial charge in [0.25, 0.3) is 0 Å². The standard InChI is InChI=1S/C20H20Cl2N2O4/c1-12-6-5-7-15(19(24-27-4)20(25)26-3)16(12)11-28-23-13(2)14-8-9-17(21)18(22)10-14/h5-10H,11H2,1-4H3/b23-13+,24-19+. The number of carbonyl (C=O) groups excluding carboxylic acids is 1. The average molecular weight is 423 g/mol. The van der Waals surface area contributed by atoms with Gasteiger partial charge in [-0.15, -0.1) is 0 Å². The van der Waals surface area contributed by atoms with Crippen LogP contribution in [0.5, 0.6) is 0 Å². The van der Waals surface area contributed by atoms with Crippen molar-refractivity contribution >= 4 is 40.6 Å². The number of nitrogens with zero attached hydrogens (tertiary/aromatic N) is 2. The molecule has 0 fully saturated rings. The molecule has 2 rings (SSSR count). The van der Waals surface area contributed by atoms with Gasteiger partial charge in [0.1, 0.15) is 13.7 Å². The lowest BCUT2D eigenvalue weighted by molar-refractivity contribution is -0.132. The lowest BCUT2D eigenvalue weighted by Crippen LogP contribution is -2.20. The van der Waals surface area contributed by atoms with Gasteiger partial charge in [0.2, 0.25) is 0 Å². The highest BCUT2D eigenvalue weighted by atomic mass is 35.5. The molecule has 0 saturated heterocycles. The van der Waals surface area contributed by atoms with E-state index < -0.39 is 5.97 Å². The molecule has 8 heteroatoms. The third-order valence-corrected chi connectivity index (χ3v) is 4.71. The van der Waals surface area contributed by atoms with Crippen LogP contribution in [0.3, 0.4) is 0 Å². The molecule has 0 atom stereocenters. The number of methoxy groups -OCH3 is 1. The largest absolute Gasteiger partial charge is 0.464 e. The van der Waals surface area contributed by atoms with E-state index >= 15 is 0 Å². The molecule has 0 aliphatic rings. The van der Waals surface area contributed by atoms with Crippen molar-refractivity contribution in [3.63, 3.8) is 0 Å². The quantitative estimate of drug-likeness (QED) is 0.366. The molecule has 2 aromatic rings. The first-order valence-corrected chi connectivity index (χ1v) is 9.05. The van der Waals surface area contributed by atoms with E-state index in [2.05, 4.69) is 10.3 Å². The van der Waals surface area contributed by atoms with Gasteiger partial charge in [-0.1, -0.05) is 57.8 Å². The number of ether oxygens (including phenoxy) is 1. The maximum atomic E-state index is 12.1. The zero-order chi connectivity index (χ0) is 20.7. The number of hydrogen-bond donors (Lipinski definition) is 0. The minimum Gasteiger partial charge on any atom is -0.464 e. The first-order chi connectivity index (χ1) is 13.4. The van der Waals surface area contributed by atoms with Crippen molar-refractivity contribution < 1.29 is 19.2 Å². The van der Waals surface area contributed by atoms with Crippen LogP contribution in [0.25, 0.3) is 0 Å². The molecular weight excluding hydrogens is 403 g/mol. The van der Waals surface area contributed by atoms with Crippen LogP contribution in [-0.4, -0.2) is 31.6 Å². The highest BCUT2D eigenvalue weighted by molar-refractivity contribution is 6.43. The van der Waals surface area contributed by atoms with Gasteiger partial charge in [0.15, 0.2) is 5.71 Å². The number of rotatable bonds is 7. The summed E-state index contributed by atoms with van der Waals surface area (Å²) in [6, 6.07) is 10.7. The molecule has 28 heavy (non-hydrogen) atoms. The molecule has 0 heterocycles. The molecule has 0 N–H and O–H groups in total. The molecule has 0 unspecified atom stereocenters. The average Bonchev–Trinajstić information content (AvgIpc) is 2.68. The molecule has 0 aromatic heterocycles. The number of benzene rings is 2. The van der Waals surface area contributed by atoms with Crippen LogP contribution in [0, 0.1) is 6.92 Å². The van der Waals surface area contributed by atoms with E-state index in [-0.39, 0.29) is 12.3 Å². The fourth-order valence-corrected chi connectivity index (χ4v) is 2.77. The fraction of sp³-hybridized carbons (Fsp3) is 0.250. The first-order valence-electron chi connectivity index (χ1n) is 8.29. The van der Waals surface area contributed by atoms with Crippen molar-refractivity contribution in [2.45, 2.75) is 20.5 Å². The van der Waals surface area contributed by atoms with Crippen LogP contribution in [0.1, 0.15) is 29.2 Å². The SMILES string of the molecule is CO/N=C(/C(=O)OC)c1cccc(C)c1CO/N=C(\C)c1ccc(Cl)c(Cl)c1. The molecule has 0 aliphatic carbocycles. The number of halogens is 2. The van der Waals surface area contributed by atoms with E-state index in [1.807, 2.05) is 19.1 Å². The normalized spacial score (nSPS) is 11.9. The summed E-state index contributed by atoms with van der Waals surface area (Å²) >= 11 is 12.0. The Hall–Kier alpha value is -2.57. The molecule has 0 bridgehead atoms. The molecule has 0 amide bonds. The van der Waals surface area contributed by atoms with Gasteiger partial charge in [0, 0.05) is 16.7 Å². The Kier molecular flexibility index (Phi) is 7.84. The van der Waals surface area contributed by atoms with Gasteiger partial charge < -0.3 is 14.4 Å². The smallest absolute Gasteiger partial charge is 0.360 e. The highest BCUT2D eigenvalue weighted by Gasteiger charge is 2.20. The van der Waals surface area contributed by atoms with Crippen molar-refractivity contribution in [1.82, 2.24) is 0 Å². The third kappa shape index (κ3) is 5.24. The van der Waals surface area contributed by atoms with E-state index in [4.69, 9.17) is 37.6 Å². The van der Waals surface area contributed by atoms with Crippen LogP contribution >= 0.6 is 23.2 Å². The molecular formula is C20H20Cl2N2O4. The van der Waals surface area contributed by atoms with Crippen molar-refractivity contribution in [2.24, 2.45) is 10.3 Å². The van der Waals surface area contributed by atoms with Crippen molar-refractivity contribution in [3.05, 3.63) is 68.7 Å². The zero-order valence-corrected chi connectivity index (χ0v) is 17.5. The van der Waals surface area contributed by atoms with Gasteiger partial charge in [-0.05, 0) is 31.5 Å². The summed E-state index contributed by atoms with van der Waals surface area (Å²) in [5.41, 5.74) is 3.68. The van der Waals surface area contributed by atoms with Crippen molar-refractivity contribution in [1.29, 1.82) is 0 Å². The predicted octanol–water partition coefficient (Wildman–Crippen LogP) is 4.77. The summed E-state index contributed by atoms with van der Waals surface area (Å²) in [5.74, 6) is -0.607. The second kappa shape index (κ2) is 10.1. The monoisotopic (exact) mass is 422 g/mol. The number of esters is 1. The summed E-state index contributed by atoms with van der Waals surface area (Å²) in [7, 11) is 2.64. The minimum absolute atomic E-state index is 0.0532. The second-order valence-electron chi connectivity index (χ2n) is 5.79. The van der Waals surface area contributed by atoms with Gasteiger partial charge in [-0.2, -0.15) is 0 Å². The topological polar surface area (TPSA) is 69.5 Å². The van der Waals surface area contributed by atoms with E-state index in [0.717, 1.165) is 16.7 Å². The highest BCUT2D eigenvalue weighted by Crippen LogP contribution is 2.23. The first kappa shape index (κ1) is 21.7. The lowest BCUT2D eigenvalue weighted by Gasteiger charge is -2.12. The maximum Gasteiger partial charge on any atom is 0.360 e. The van der Waals surface area contributed by atoms with Crippen LogP contribution < -0.4 is 0 Å². The van der Waals surface area contributed by atoms with Crippen LogP contribution in [0.2, 0.25) is 10.0 Å². The summed E-state index contributed by atoms with van der Waals surface area (Å²) in [6.07, 6.45) is 0. The van der Waals surface area contributed by atoms with E-state index in [1.165, 1.54) is 14.2 Å². The zero-order valence-electron chi connectivity index (χ0n) is 16.0. The Bertz CT molecular complexity index is 926. The minimum atomic E-state index is -0.607. The Balaban J connectivity index is 2.27. The summed E-state index contributed by atoms with van der Waals surface area (Å²) in [5, 5.41) is 8.85. The summed E-state index contributed by atoms with van der Waals surface area (Å²) in [6.45, 7) is 3.82. The molecule has 0 aliphatic heterocycles. The second-order valence-corrected chi connectivity index (χ2v) is 6.61. The van der Waals surface area contributed by atoms with E-state index in [0.29, 0.717) is 21.3 Å². The van der Waals surface area contributed by atoms with Gasteiger partial charge in [0.05, 0.1) is 22.9 Å². The van der Waals surface area contributed by atoms with Crippen molar-refractivity contribution in [3.8, 4) is 0 Å². The Morgan fingerprint density at radius 2 is 1.82 bits per heavy atom. The van der Waals surface area contributed by atoms with Crippen molar-refractivity contribution in [2.75, 3.05) is 14.2 Å². The number of oxime groups is 2. The fourth-order valence-electron chi connectivity index (χ4n) is 2.47. The number of carbonyl (C=O) groups is 1. The molecule has 0 saturated carbocycles.